The molecule has 1 saturated heterocycles. The molecule has 2 unspecified atom stereocenters. The lowest BCUT2D eigenvalue weighted by Crippen LogP contribution is -2.46. The van der Waals surface area contributed by atoms with E-state index in [1.54, 1.807) is 0 Å². The maximum Gasteiger partial charge on any atom is 0.0912 e. The average Bonchev–Trinajstić information content (AvgIpc) is 2.97. The number of hydrogen-bond donors (Lipinski definition) is 1. The van der Waals surface area contributed by atoms with Gasteiger partial charge >= 0.3 is 0 Å². The Kier molecular flexibility index (Phi) is 2.98. The van der Waals surface area contributed by atoms with Crippen molar-refractivity contribution in [3.05, 3.63) is 21.4 Å². The van der Waals surface area contributed by atoms with Gasteiger partial charge in [-0.05, 0) is 68.9 Å². The molecule has 0 amide bonds. The van der Waals surface area contributed by atoms with Crippen LogP contribution in [0.4, 0.5) is 0 Å². The quantitative estimate of drug-likeness (QED) is 0.895. The van der Waals surface area contributed by atoms with Crippen LogP contribution in [0.5, 0.6) is 0 Å². The summed E-state index contributed by atoms with van der Waals surface area (Å²) in [6, 6.07) is 2.28. The van der Waals surface area contributed by atoms with Crippen LogP contribution in [0.3, 0.4) is 0 Å². The fraction of sp³-hybridized carbons (Fsp3) is 0.750. The highest BCUT2D eigenvalue weighted by molar-refractivity contribution is 7.12. The number of aliphatic hydroxyl groups is 1. The number of rotatable bonds is 2. The van der Waals surface area contributed by atoms with Crippen LogP contribution in [0, 0.1) is 5.92 Å². The second-order valence-electron chi connectivity index (χ2n) is 6.53. The first-order valence-electron chi connectivity index (χ1n) is 7.69. The van der Waals surface area contributed by atoms with Crippen LogP contribution in [-0.2, 0) is 17.6 Å². The fourth-order valence-corrected chi connectivity index (χ4v) is 5.32. The molecule has 2 fully saturated rings. The highest BCUT2D eigenvalue weighted by Crippen LogP contribution is 2.48. The molecule has 104 valence electrons. The lowest BCUT2D eigenvalue weighted by Gasteiger charge is -2.48. The summed E-state index contributed by atoms with van der Waals surface area (Å²) in [4.78, 5) is 2.74. The Bertz CT molecular complexity index is 454. The van der Waals surface area contributed by atoms with Crippen LogP contribution in [0.1, 0.15) is 59.9 Å². The first kappa shape index (κ1) is 12.4. The van der Waals surface area contributed by atoms with Crippen LogP contribution in [0.2, 0.25) is 0 Å². The Labute approximate surface area is 118 Å². The maximum atomic E-state index is 10.7. The highest BCUT2D eigenvalue weighted by Gasteiger charge is 2.44. The van der Waals surface area contributed by atoms with Crippen molar-refractivity contribution in [2.75, 3.05) is 6.61 Å². The topological polar surface area (TPSA) is 29.5 Å². The van der Waals surface area contributed by atoms with Crippen molar-refractivity contribution in [3.63, 3.8) is 0 Å². The number of aliphatic hydroxyl groups excluding tert-OH is 1. The van der Waals surface area contributed by atoms with E-state index in [2.05, 4.69) is 6.07 Å². The Morgan fingerprint density at radius 1 is 1.32 bits per heavy atom. The summed E-state index contributed by atoms with van der Waals surface area (Å²) < 4.78 is 5.97. The molecule has 1 aromatic heterocycles. The van der Waals surface area contributed by atoms with E-state index in [0.29, 0.717) is 5.92 Å². The molecule has 0 radical (unpaired) electrons. The summed E-state index contributed by atoms with van der Waals surface area (Å²) in [5.41, 5.74) is 1.65. The molecule has 2 aliphatic carbocycles. The lowest BCUT2D eigenvalue weighted by molar-refractivity contribution is -0.157. The minimum Gasteiger partial charge on any atom is -0.387 e. The second-order valence-corrected chi connectivity index (χ2v) is 7.70. The molecule has 1 saturated carbocycles. The van der Waals surface area contributed by atoms with Crippen molar-refractivity contribution < 1.29 is 9.84 Å². The van der Waals surface area contributed by atoms with Gasteiger partial charge in [0.2, 0.25) is 0 Å². The van der Waals surface area contributed by atoms with Crippen LogP contribution < -0.4 is 0 Å². The third kappa shape index (κ3) is 2.07. The third-order valence-electron chi connectivity index (χ3n) is 5.30. The molecule has 2 atom stereocenters. The summed E-state index contributed by atoms with van der Waals surface area (Å²) in [6.07, 6.45) is 9.29. The molecule has 0 bridgehead atoms. The fourth-order valence-electron chi connectivity index (χ4n) is 3.98. The average molecular weight is 278 g/mol. The second kappa shape index (κ2) is 4.57. The molecule has 2 heterocycles. The molecular formula is C16H22O2S. The van der Waals surface area contributed by atoms with E-state index < -0.39 is 0 Å². The molecule has 3 heteroatoms. The number of hydrogen-bond acceptors (Lipinski definition) is 3. The lowest BCUT2D eigenvalue weighted by atomic mass is 9.70. The summed E-state index contributed by atoms with van der Waals surface area (Å²) >= 11 is 1.86. The van der Waals surface area contributed by atoms with Crippen molar-refractivity contribution in [2.24, 2.45) is 5.92 Å². The summed E-state index contributed by atoms with van der Waals surface area (Å²) in [5, 5.41) is 10.7. The van der Waals surface area contributed by atoms with Gasteiger partial charge in [-0.2, -0.15) is 0 Å². The summed E-state index contributed by atoms with van der Waals surface area (Å²) in [5.74, 6) is 0.410. The number of fused-ring (bicyclic) bond motifs is 1. The smallest absolute Gasteiger partial charge is 0.0912 e. The molecular weight excluding hydrogens is 256 g/mol. The summed E-state index contributed by atoms with van der Waals surface area (Å²) in [6.45, 7) is 0.840. The van der Waals surface area contributed by atoms with E-state index in [4.69, 9.17) is 4.74 Å². The van der Waals surface area contributed by atoms with Gasteiger partial charge in [-0.3, -0.25) is 0 Å². The largest absolute Gasteiger partial charge is 0.387 e. The number of aryl methyl sites for hydroxylation is 2. The van der Waals surface area contributed by atoms with Crippen LogP contribution >= 0.6 is 11.3 Å². The van der Waals surface area contributed by atoms with Crippen molar-refractivity contribution in [1.82, 2.24) is 0 Å². The maximum absolute atomic E-state index is 10.7. The van der Waals surface area contributed by atoms with Gasteiger partial charge in [0.15, 0.2) is 0 Å². The van der Waals surface area contributed by atoms with Crippen molar-refractivity contribution in [3.8, 4) is 0 Å². The molecule has 1 aromatic rings. The van der Waals surface area contributed by atoms with E-state index in [1.165, 1.54) is 53.8 Å². The first-order valence-corrected chi connectivity index (χ1v) is 8.51. The van der Waals surface area contributed by atoms with E-state index in [0.717, 1.165) is 19.4 Å². The zero-order chi connectivity index (χ0) is 12.9. The molecule has 1 N–H and O–H groups in total. The van der Waals surface area contributed by atoms with Gasteiger partial charge in [0.05, 0.1) is 11.7 Å². The van der Waals surface area contributed by atoms with Gasteiger partial charge in [-0.15, -0.1) is 11.3 Å². The van der Waals surface area contributed by atoms with Gasteiger partial charge in [-0.1, -0.05) is 0 Å². The van der Waals surface area contributed by atoms with E-state index in [9.17, 15) is 5.11 Å². The van der Waals surface area contributed by atoms with Crippen LogP contribution in [0.15, 0.2) is 6.07 Å². The van der Waals surface area contributed by atoms with Crippen LogP contribution in [-0.4, -0.2) is 17.3 Å². The predicted octanol–water partition coefficient (Wildman–Crippen LogP) is 3.62. The van der Waals surface area contributed by atoms with Gasteiger partial charge in [0.1, 0.15) is 0 Å². The van der Waals surface area contributed by atoms with Crippen molar-refractivity contribution in [1.29, 1.82) is 0 Å². The Morgan fingerprint density at radius 2 is 2.21 bits per heavy atom. The van der Waals surface area contributed by atoms with E-state index >= 15 is 0 Å². The van der Waals surface area contributed by atoms with E-state index in [1.807, 2.05) is 11.3 Å². The molecule has 4 rings (SSSR count). The minimum atomic E-state index is -0.253. The number of ether oxygens (including phenoxy) is 1. The minimum absolute atomic E-state index is 0.143. The molecule has 1 spiro atoms. The normalized spacial score (nSPS) is 30.1. The van der Waals surface area contributed by atoms with Crippen molar-refractivity contribution >= 4 is 11.3 Å². The van der Waals surface area contributed by atoms with Crippen LogP contribution in [0.25, 0.3) is 0 Å². The summed E-state index contributed by atoms with van der Waals surface area (Å²) in [7, 11) is 0. The third-order valence-corrected chi connectivity index (χ3v) is 6.61. The van der Waals surface area contributed by atoms with E-state index in [-0.39, 0.29) is 11.7 Å². The van der Waals surface area contributed by atoms with Gasteiger partial charge in [0, 0.05) is 16.4 Å². The van der Waals surface area contributed by atoms with Gasteiger partial charge < -0.3 is 9.84 Å². The Hall–Kier alpha value is -0.380. The highest BCUT2D eigenvalue weighted by atomic mass is 32.1. The molecule has 0 aromatic carbocycles. The Morgan fingerprint density at radius 3 is 2.95 bits per heavy atom. The predicted molar refractivity (Wildman–Crippen MR) is 76.6 cm³/mol. The zero-order valence-electron chi connectivity index (χ0n) is 11.4. The molecule has 1 aliphatic heterocycles. The first-order chi connectivity index (χ1) is 9.26. The number of thiophene rings is 1. The molecule has 2 nitrogen and oxygen atoms in total. The Balaban J connectivity index is 1.51. The van der Waals surface area contributed by atoms with Crippen molar-refractivity contribution in [2.45, 2.75) is 63.1 Å². The monoisotopic (exact) mass is 278 g/mol. The standard InChI is InChI=1S/C16H22O2S/c17-15(14-9-11-3-1-4-13(11)19-14)12-5-8-18-16(10-12)6-2-7-16/h9,12,15,17H,1-8,10H2. The van der Waals surface area contributed by atoms with Gasteiger partial charge in [-0.25, -0.2) is 0 Å². The molecule has 3 aliphatic rings. The molecule has 19 heavy (non-hydrogen) atoms. The van der Waals surface area contributed by atoms with Gasteiger partial charge in [0.25, 0.3) is 0 Å². The SMILES string of the molecule is OC(c1cc2c(s1)CCC2)C1CCOC2(CCC2)C1. The zero-order valence-corrected chi connectivity index (χ0v) is 12.2.